The quantitative estimate of drug-likeness (QED) is 0.390. The molecule has 0 amide bonds. The number of hydrogen-bond acceptors (Lipinski definition) is 3. The van der Waals surface area contributed by atoms with Crippen molar-refractivity contribution in [1.29, 1.82) is 0 Å². The number of nitrogens with one attached hydrogen (secondary N) is 2. The second kappa shape index (κ2) is 9.50. The molecule has 6 rings (SSSR count). The van der Waals surface area contributed by atoms with Gasteiger partial charge >= 0.3 is 0 Å². The molecule has 0 saturated heterocycles. The zero-order chi connectivity index (χ0) is 24.7. The first kappa shape index (κ1) is 23.5. The number of anilines is 2. The summed E-state index contributed by atoms with van der Waals surface area (Å²) in [6, 6.07) is 27.5. The molecule has 188 valence electrons. The van der Waals surface area contributed by atoms with Crippen LogP contribution in [0.15, 0.2) is 72.8 Å². The van der Waals surface area contributed by atoms with Crippen LogP contribution in [0.4, 0.5) is 11.4 Å². The highest BCUT2D eigenvalue weighted by Gasteiger charge is 2.54. The molecule has 0 spiro atoms. The number of aryl methyl sites for hydroxylation is 2. The molecular formula is C33H40N2O. The van der Waals surface area contributed by atoms with E-state index in [2.05, 4.69) is 97.3 Å². The van der Waals surface area contributed by atoms with Gasteiger partial charge in [-0.3, -0.25) is 0 Å². The molecule has 0 radical (unpaired) electrons. The normalized spacial score (nSPS) is 30.9. The maximum absolute atomic E-state index is 5.55. The average Bonchev–Trinajstić information content (AvgIpc) is 2.89. The van der Waals surface area contributed by atoms with Crippen molar-refractivity contribution in [3.8, 4) is 5.75 Å². The Bertz CT molecular complexity index is 1210. The molecule has 0 bridgehead atoms. The van der Waals surface area contributed by atoms with E-state index in [0.717, 1.165) is 18.1 Å². The first-order valence-electron chi connectivity index (χ1n) is 13.8. The fourth-order valence-electron chi connectivity index (χ4n) is 7.91. The van der Waals surface area contributed by atoms with E-state index in [1.165, 1.54) is 54.6 Å². The minimum atomic E-state index is 0.295. The number of para-hydroxylation sites is 1. The molecule has 2 N–H and O–H groups in total. The second-order valence-corrected chi connectivity index (χ2v) is 11.8. The Morgan fingerprint density at radius 3 is 2.50 bits per heavy atom. The van der Waals surface area contributed by atoms with Crippen LogP contribution in [0.25, 0.3) is 0 Å². The number of hydrogen-bond donors (Lipinski definition) is 2. The third-order valence-corrected chi connectivity index (χ3v) is 9.73. The van der Waals surface area contributed by atoms with Gasteiger partial charge in [-0.15, -0.1) is 0 Å². The number of ether oxygens (including phenoxy) is 1. The van der Waals surface area contributed by atoms with Crippen molar-refractivity contribution in [2.45, 2.75) is 70.4 Å². The van der Waals surface area contributed by atoms with Gasteiger partial charge in [-0.25, -0.2) is 0 Å². The molecular weight excluding hydrogens is 440 g/mol. The topological polar surface area (TPSA) is 33.3 Å². The van der Waals surface area contributed by atoms with E-state index < -0.39 is 0 Å². The van der Waals surface area contributed by atoms with Crippen LogP contribution in [0, 0.1) is 24.2 Å². The zero-order valence-electron chi connectivity index (χ0n) is 22.0. The van der Waals surface area contributed by atoms with Crippen LogP contribution in [0.5, 0.6) is 5.75 Å². The van der Waals surface area contributed by atoms with Crippen molar-refractivity contribution in [1.82, 2.24) is 0 Å². The Morgan fingerprint density at radius 2 is 1.69 bits per heavy atom. The first-order chi connectivity index (χ1) is 17.5. The molecule has 3 heteroatoms. The van der Waals surface area contributed by atoms with E-state index in [0.29, 0.717) is 29.3 Å². The molecule has 3 aliphatic carbocycles. The summed E-state index contributed by atoms with van der Waals surface area (Å²) in [5, 5.41) is 7.98. The summed E-state index contributed by atoms with van der Waals surface area (Å²) in [5.74, 6) is 3.11. The van der Waals surface area contributed by atoms with Gasteiger partial charge in [0.15, 0.2) is 0 Å². The Morgan fingerprint density at radius 1 is 0.861 bits per heavy atom. The van der Waals surface area contributed by atoms with Crippen molar-refractivity contribution in [3.05, 3.63) is 89.5 Å². The average molecular weight is 481 g/mol. The SMILES string of the molecule is COc1ccc2c(c1)CC[C@@H]1[C@@H]2CC[C@]2(C)[C@@H](Nc3cccc(C)c3)C[C@@H](Nc3ccccc3)C[C@@H]12. The zero-order valence-corrected chi connectivity index (χ0v) is 22.0. The fourth-order valence-corrected chi connectivity index (χ4v) is 7.91. The van der Waals surface area contributed by atoms with Gasteiger partial charge in [0.25, 0.3) is 0 Å². The van der Waals surface area contributed by atoms with Gasteiger partial charge in [0.05, 0.1) is 7.11 Å². The summed E-state index contributed by atoms with van der Waals surface area (Å²) in [7, 11) is 1.78. The predicted octanol–water partition coefficient (Wildman–Crippen LogP) is 7.82. The monoisotopic (exact) mass is 480 g/mol. The fraction of sp³-hybridized carbons (Fsp3) is 0.455. The Kier molecular flexibility index (Phi) is 6.19. The lowest BCUT2D eigenvalue weighted by molar-refractivity contribution is -0.0177. The van der Waals surface area contributed by atoms with Crippen LogP contribution < -0.4 is 15.4 Å². The maximum atomic E-state index is 5.55. The highest BCUT2D eigenvalue weighted by atomic mass is 16.5. The molecule has 0 aromatic heterocycles. The molecule has 3 aliphatic rings. The smallest absolute Gasteiger partial charge is 0.119 e. The molecule has 3 aromatic carbocycles. The summed E-state index contributed by atoms with van der Waals surface area (Å²) < 4.78 is 5.55. The minimum absolute atomic E-state index is 0.295. The molecule has 0 heterocycles. The van der Waals surface area contributed by atoms with Crippen LogP contribution in [-0.2, 0) is 6.42 Å². The van der Waals surface area contributed by atoms with Crippen LogP contribution in [-0.4, -0.2) is 19.2 Å². The largest absolute Gasteiger partial charge is 0.497 e. The van der Waals surface area contributed by atoms with E-state index in [4.69, 9.17) is 4.74 Å². The summed E-state index contributed by atoms with van der Waals surface area (Å²) in [6.07, 6.45) is 7.45. The van der Waals surface area contributed by atoms with Gasteiger partial charge < -0.3 is 15.4 Å². The van der Waals surface area contributed by atoms with Crippen molar-refractivity contribution in [2.24, 2.45) is 17.3 Å². The minimum Gasteiger partial charge on any atom is -0.497 e. The van der Waals surface area contributed by atoms with Gasteiger partial charge in [-0.1, -0.05) is 43.3 Å². The predicted molar refractivity (Wildman–Crippen MR) is 150 cm³/mol. The summed E-state index contributed by atoms with van der Waals surface area (Å²) in [6.45, 7) is 4.79. The van der Waals surface area contributed by atoms with E-state index in [-0.39, 0.29) is 0 Å². The van der Waals surface area contributed by atoms with Gasteiger partial charge in [0, 0.05) is 23.5 Å². The lowest BCUT2D eigenvalue weighted by Gasteiger charge is -2.59. The second-order valence-electron chi connectivity index (χ2n) is 11.8. The highest BCUT2D eigenvalue weighted by molar-refractivity contribution is 5.48. The lowest BCUT2D eigenvalue weighted by atomic mass is 9.48. The molecule has 3 nitrogen and oxygen atoms in total. The van der Waals surface area contributed by atoms with Crippen molar-refractivity contribution < 1.29 is 4.74 Å². The van der Waals surface area contributed by atoms with E-state index >= 15 is 0 Å². The van der Waals surface area contributed by atoms with Gasteiger partial charge in [0.2, 0.25) is 0 Å². The molecule has 6 atom stereocenters. The Hall–Kier alpha value is -2.94. The van der Waals surface area contributed by atoms with E-state index in [9.17, 15) is 0 Å². The van der Waals surface area contributed by atoms with Crippen LogP contribution in [0.2, 0.25) is 0 Å². The molecule has 2 saturated carbocycles. The number of methoxy groups -OCH3 is 1. The molecule has 2 fully saturated rings. The Balaban J connectivity index is 1.33. The van der Waals surface area contributed by atoms with Crippen LogP contribution >= 0.6 is 0 Å². The van der Waals surface area contributed by atoms with Gasteiger partial charge in [-0.05, 0) is 122 Å². The van der Waals surface area contributed by atoms with Crippen molar-refractivity contribution in [2.75, 3.05) is 17.7 Å². The third-order valence-electron chi connectivity index (χ3n) is 9.73. The van der Waals surface area contributed by atoms with Crippen LogP contribution in [0.3, 0.4) is 0 Å². The summed E-state index contributed by atoms with van der Waals surface area (Å²) >= 11 is 0. The van der Waals surface area contributed by atoms with E-state index in [1.54, 1.807) is 12.7 Å². The molecule has 3 aromatic rings. The first-order valence-corrected chi connectivity index (χ1v) is 13.8. The maximum Gasteiger partial charge on any atom is 0.119 e. The molecule has 0 unspecified atom stereocenters. The van der Waals surface area contributed by atoms with Crippen molar-refractivity contribution >= 4 is 11.4 Å². The Labute approximate surface area is 216 Å². The van der Waals surface area contributed by atoms with Crippen LogP contribution in [0.1, 0.15) is 61.6 Å². The third kappa shape index (κ3) is 4.27. The molecule has 36 heavy (non-hydrogen) atoms. The van der Waals surface area contributed by atoms with E-state index in [1.807, 2.05) is 0 Å². The standard InChI is InChI=1S/C33H40N2O/c1-22-8-7-11-25(18-22)35-32-21-26(34-24-9-5-4-6-10-24)20-31-30-14-12-23-19-27(36-3)13-15-28(23)29(30)16-17-33(31,32)2/h4-11,13,15,18-19,26,29-32,34-35H,12,14,16-17,20-21H2,1-3H3/t26-,29+,30+,31-,32-,33-/m0/s1. The number of fused-ring (bicyclic) bond motifs is 5. The molecule has 0 aliphatic heterocycles. The van der Waals surface area contributed by atoms with Gasteiger partial charge in [-0.2, -0.15) is 0 Å². The summed E-state index contributed by atoms with van der Waals surface area (Å²) in [5.41, 5.74) is 7.24. The highest BCUT2D eigenvalue weighted by Crippen LogP contribution is 2.60. The number of rotatable bonds is 5. The lowest BCUT2D eigenvalue weighted by Crippen LogP contribution is -2.57. The summed E-state index contributed by atoms with van der Waals surface area (Å²) in [4.78, 5) is 0. The number of benzene rings is 3. The van der Waals surface area contributed by atoms with Crippen molar-refractivity contribution in [3.63, 3.8) is 0 Å². The van der Waals surface area contributed by atoms with Gasteiger partial charge in [0.1, 0.15) is 5.75 Å².